The van der Waals surface area contributed by atoms with E-state index in [1.165, 1.54) is 31.3 Å². The highest BCUT2D eigenvalue weighted by Crippen LogP contribution is 2.33. The zero-order valence-electron chi connectivity index (χ0n) is 12.1. The van der Waals surface area contributed by atoms with Crippen molar-refractivity contribution < 1.29 is 4.39 Å². The van der Waals surface area contributed by atoms with Crippen LogP contribution >= 0.6 is 15.9 Å². The molecule has 1 aliphatic carbocycles. The largest absolute Gasteiger partial charge is 0.307 e. The molecule has 1 aromatic carbocycles. The predicted molar refractivity (Wildman–Crippen MR) is 86.3 cm³/mol. The first kappa shape index (κ1) is 15.7. The van der Waals surface area contributed by atoms with E-state index in [1.807, 2.05) is 6.07 Å². The summed E-state index contributed by atoms with van der Waals surface area (Å²) in [6, 6.07) is 5.21. The lowest BCUT2D eigenvalue weighted by molar-refractivity contribution is 0.551. The van der Waals surface area contributed by atoms with Gasteiger partial charge in [-0.15, -0.1) is 0 Å². The summed E-state index contributed by atoms with van der Waals surface area (Å²) in [5.74, 6) is -0.192. The maximum Gasteiger partial charge on any atom is 0.124 e. The van der Waals surface area contributed by atoms with E-state index in [0.29, 0.717) is 0 Å². The monoisotopic (exact) mass is 339 g/mol. The molecular weight excluding hydrogens is 317 g/mol. The minimum absolute atomic E-state index is 0.192. The van der Waals surface area contributed by atoms with Crippen molar-refractivity contribution in [3.8, 4) is 0 Å². The third-order valence-corrected chi connectivity index (χ3v) is 4.57. The Hall–Kier alpha value is -0.670. The lowest BCUT2D eigenvalue weighted by atomic mass is 9.91. The van der Waals surface area contributed by atoms with E-state index in [4.69, 9.17) is 0 Å². The zero-order chi connectivity index (χ0) is 14.4. The summed E-state index contributed by atoms with van der Waals surface area (Å²) in [6.45, 7) is 3.03. The molecule has 1 aromatic rings. The van der Waals surface area contributed by atoms with E-state index < -0.39 is 0 Å². The average molecular weight is 340 g/mol. The lowest BCUT2D eigenvalue weighted by Gasteiger charge is -2.24. The van der Waals surface area contributed by atoms with E-state index in [-0.39, 0.29) is 11.9 Å². The van der Waals surface area contributed by atoms with Crippen molar-refractivity contribution in [3.05, 3.63) is 45.7 Å². The van der Waals surface area contributed by atoms with Crippen LogP contribution in [0.5, 0.6) is 0 Å². The van der Waals surface area contributed by atoms with E-state index >= 15 is 0 Å². The predicted octanol–water partition coefficient (Wildman–Crippen LogP) is 5.52. The Kier molecular flexibility index (Phi) is 6.24. The Morgan fingerprint density at radius 3 is 2.80 bits per heavy atom. The van der Waals surface area contributed by atoms with Crippen LogP contribution in [0.1, 0.15) is 57.1 Å². The number of hydrogen-bond acceptors (Lipinski definition) is 1. The molecule has 0 aliphatic heterocycles. The summed E-state index contributed by atoms with van der Waals surface area (Å²) in [5.41, 5.74) is 2.60. The number of nitrogens with one attached hydrogen (secondary N) is 1. The molecule has 1 unspecified atom stereocenters. The van der Waals surface area contributed by atoms with Crippen LogP contribution in [0, 0.1) is 5.82 Å². The summed E-state index contributed by atoms with van der Waals surface area (Å²) in [6.07, 6.45) is 9.90. The summed E-state index contributed by atoms with van der Waals surface area (Å²) >= 11 is 3.51. The van der Waals surface area contributed by atoms with Gasteiger partial charge in [-0.1, -0.05) is 53.4 Å². The number of likely N-dealkylation sites (N-methyl/N-ethyl adjacent to an activating group) is 1. The number of allylic oxidation sites excluding steroid dienone is 1. The molecule has 0 aromatic heterocycles. The molecule has 0 saturated heterocycles. The van der Waals surface area contributed by atoms with Gasteiger partial charge in [0.1, 0.15) is 5.82 Å². The molecule has 0 fully saturated rings. The Balaban J connectivity index is 2.29. The Morgan fingerprint density at radius 2 is 2.05 bits per heavy atom. The second-order valence-electron chi connectivity index (χ2n) is 5.39. The average Bonchev–Trinajstić information content (AvgIpc) is 2.37. The first-order chi connectivity index (χ1) is 9.72. The van der Waals surface area contributed by atoms with Gasteiger partial charge in [0.15, 0.2) is 0 Å². The smallest absolute Gasteiger partial charge is 0.124 e. The molecule has 0 spiro atoms. The third kappa shape index (κ3) is 4.16. The van der Waals surface area contributed by atoms with Gasteiger partial charge in [0.2, 0.25) is 0 Å². The lowest BCUT2D eigenvalue weighted by Crippen LogP contribution is -2.23. The first-order valence-electron chi connectivity index (χ1n) is 7.59. The molecule has 1 N–H and O–H groups in total. The van der Waals surface area contributed by atoms with Gasteiger partial charge >= 0.3 is 0 Å². The highest BCUT2D eigenvalue weighted by Gasteiger charge is 2.19. The van der Waals surface area contributed by atoms with Crippen molar-refractivity contribution in [3.63, 3.8) is 0 Å². The maximum absolute atomic E-state index is 13.3. The van der Waals surface area contributed by atoms with Crippen molar-refractivity contribution in [1.29, 1.82) is 0 Å². The first-order valence-corrected chi connectivity index (χ1v) is 8.39. The molecule has 20 heavy (non-hydrogen) atoms. The van der Waals surface area contributed by atoms with Crippen molar-refractivity contribution >= 4 is 15.9 Å². The Morgan fingerprint density at radius 1 is 1.25 bits per heavy atom. The molecule has 1 atom stereocenters. The Bertz CT molecular complexity index is 470. The van der Waals surface area contributed by atoms with Gasteiger partial charge in [-0.25, -0.2) is 4.39 Å². The van der Waals surface area contributed by atoms with Crippen molar-refractivity contribution in [1.82, 2.24) is 5.32 Å². The molecule has 0 bridgehead atoms. The molecule has 0 radical (unpaired) electrons. The van der Waals surface area contributed by atoms with Crippen LogP contribution in [0.3, 0.4) is 0 Å². The van der Waals surface area contributed by atoms with Gasteiger partial charge in [-0.05, 0) is 49.9 Å². The van der Waals surface area contributed by atoms with Gasteiger partial charge in [0.05, 0.1) is 6.04 Å². The van der Waals surface area contributed by atoms with Crippen molar-refractivity contribution in [2.45, 2.75) is 51.5 Å². The van der Waals surface area contributed by atoms with Crippen LogP contribution in [0.2, 0.25) is 0 Å². The fourth-order valence-electron chi connectivity index (χ4n) is 2.86. The van der Waals surface area contributed by atoms with Gasteiger partial charge in [0.25, 0.3) is 0 Å². The van der Waals surface area contributed by atoms with Gasteiger partial charge in [0, 0.05) is 4.47 Å². The molecule has 110 valence electrons. The fourth-order valence-corrected chi connectivity index (χ4v) is 3.44. The zero-order valence-corrected chi connectivity index (χ0v) is 13.7. The summed E-state index contributed by atoms with van der Waals surface area (Å²) in [7, 11) is 0. The SMILES string of the molecule is CCNC(/C1=C/CCCCCC1)c1ccc(F)cc1Br. The van der Waals surface area contributed by atoms with Crippen LogP contribution < -0.4 is 5.32 Å². The number of benzene rings is 1. The highest BCUT2D eigenvalue weighted by molar-refractivity contribution is 9.10. The van der Waals surface area contributed by atoms with Gasteiger partial charge in [-0.2, -0.15) is 0 Å². The molecule has 3 heteroatoms. The standard InChI is InChI=1S/C17H23BrFN/c1-2-20-17(13-8-6-4-3-5-7-9-13)15-11-10-14(19)12-16(15)18/h8,10-12,17,20H,2-7,9H2,1H3/b13-8+. The molecule has 0 amide bonds. The normalized spacial score (nSPS) is 20.6. The van der Waals surface area contributed by atoms with Crippen LogP contribution in [0.15, 0.2) is 34.3 Å². The quantitative estimate of drug-likeness (QED) is 0.712. The summed E-state index contributed by atoms with van der Waals surface area (Å²) < 4.78 is 14.1. The maximum atomic E-state index is 13.3. The van der Waals surface area contributed by atoms with Crippen molar-refractivity contribution in [2.75, 3.05) is 6.54 Å². The minimum atomic E-state index is -0.192. The topological polar surface area (TPSA) is 12.0 Å². The van der Waals surface area contributed by atoms with Crippen LogP contribution in [0.4, 0.5) is 4.39 Å². The fraction of sp³-hybridized carbons (Fsp3) is 0.529. The van der Waals surface area contributed by atoms with E-state index in [0.717, 1.165) is 29.4 Å². The second kappa shape index (κ2) is 7.94. The molecular formula is C17H23BrFN. The number of rotatable bonds is 4. The molecule has 1 nitrogen and oxygen atoms in total. The van der Waals surface area contributed by atoms with Gasteiger partial charge < -0.3 is 5.32 Å². The summed E-state index contributed by atoms with van der Waals surface area (Å²) in [4.78, 5) is 0. The van der Waals surface area contributed by atoms with Crippen LogP contribution in [-0.4, -0.2) is 6.54 Å². The second-order valence-corrected chi connectivity index (χ2v) is 6.24. The van der Waals surface area contributed by atoms with E-state index in [2.05, 4.69) is 34.2 Å². The van der Waals surface area contributed by atoms with Crippen LogP contribution in [-0.2, 0) is 0 Å². The number of halogens is 2. The molecule has 2 rings (SSSR count). The minimum Gasteiger partial charge on any atom is -0.307 e. The summed E-state index contributed by atoms with van der Waals surface area (Å²) in [5, 5.41) is 3.56. The highest BCUT2D eigenvalue weighted by atomic mass is 79.9. The molecule has 0 saturated carbocycles. The molecule has 0 heterocycles. The Labute approximate surface area is 129 Å². The van der Waals surface area contributed by atoms with E-state index in [1.54, 1.807) is 12.1 Å². The van der Waals surface area contributed by atoms with Crippen LogP contribution in [0.25, 0.3) is 0 Å². The van der Waals surface area contributed by atoms with Crippen molar-refractivity contribution in [2.24, 2.45) is 0 Å². The van der Waals surface area contributed by atoms with E-state index in [9.17, 15) is 4.39 Å². The molecule has 1 aliphatic rings. The van der Waals surface area contributed by atoms with Gasteiger partial charge in [-0.3, -0.25) is 0 Å². The third-order valence-electron chi connectivity index (χ3n) is 3.88. The number of hydrogen-bond donors (Lipinski definition) is 1.